The number of likely N-dealkylation sites (tertiary alicyclic amines) is 1. The number of benzene rings is 1. The molecule has 4 rings (SSSR count). The third-order valence-corrected chi connectivity index (χ3v) is 4.96. The van der Waals surface area contributed by atoms with E-state index in [0.29, 0.717) is 31.2 Å². The van der Waals surface area contributed by atoms with Crippen molar-refractivity contribution in [3.05, 3.63) is 59.6 Å². The van der Waals surface area contributed by atoms with Crippen LogP contribution in [-0.4, -0.2) is 46.6 Å². The Morgan fingerprint density at radius 3 is 2.75 bits per heavy atom. The lowest BCUT2D eigenvalue weighted by Gasteiger charge is -2.16. The smallest absolute Gasteiger partial charge is 0.232 e. The van der Waals surface area contributed by atoms with Crippen molar-refractivity contribution in [1.82, 2.24) is 20.0 Å². The van der Waals surface area contributed by atoms with Crippen molar-refractivity contribution in [3.8, 4) is 11.4 Å². The molecule has 7 heteroatoms. The van der Waals surface area contributed by atoms with Crippen molar-refractivity contribution < 1.29 is 9.32 Å². The van der Waals surface area contributed by atoms with E-state index in [1.807, 2.05) is 36.0 Å². The van der Waals surface area contributed by atoms with Crippen molar-refractivity contribution in [2.75, 3.05) is 25.5 Å². The van der Waals surface area contributed by atoms with Gasteiger partial charge < -0.3 is 14.3 Å². The Kier molecular flexibility index (Phi) is 4.81. The Morgan fingerprint density at radius 2 is 2.00 bits per heavy atom. The van der Waals surface area contributed by atoms with Gasteiger partial charge in [0.05, 0.1) is 5.92 Å². The number of rotatable bonds is 5. The lowest BCUT2D eigenvalue weighted by molar-refractivity contribution is -0.128. The third-order valence-electron chi connectivity index (χ3n) is 4.96. The van der Waals surface area contributed by atoms with Gasteiger partial charge in [-0.15, -0.1) is 0 Å². The van der Waals surface area contributed by atoms with Crippen molar-refractivity contribution in [3.63, 3.8) is 0 Å². The number of pyridine rings is 1. The largest absolute Gasteiger partial charge is 0.363 e. The Hall–Kier alpha value is -3.22. The Labute approximate surface area is 164 Å². The molecule has 28 heavy (non-hydrogen) atoms. The molecule has 144 valence electrons. The van der Waals surface area contributed by atoms with Crippen LogP contribution in [0.1, 0.15) is 29.4 Å². The molecule has 1 fully saturated rings. The van der Waals surface area contributed by atoms with Gasteiger partial charge in [0.2, 0.25) is 17.6 Å². The molecule has 1 atom stereocenters. The highest BCUT2D eigenvalue weighted by atomic mass is 16.5. The molecule has 2 aromatic heterocycles. The molecule has 1 aliphatic heterocycles. The van der Waals surface area contributed by atoms with Gasteiger partial charge in [0.1, 0.15) is 5.82 Å². The van der Waals surface area contributed by atoms with Gasteiger partial charge in [-0.3, -0.25) is 4.79 Å². The van der Waals surface area contributed by atoms with Crippen molar-refractivity contribution >= 4 is 11.7 Å². The van der Waals surface area contributed by atoms with E-state index >= 15 is 0 Å². The molecule has 0 bridgehead atoms. The van der Waals surface area contributed by atoms with E-state index in [2.05, 4.69) is 46.3 Å². The Bertz CT molecular complexity index is 980. The SMILES string of the molecule is Cc1ccc(CN2C[C@H](c3nc(-c4ccnc(N(C)C)c4)no3)CC2=O)cc1. The summed E-state index contributed by atoms with van der Waals surface area (Å²) in [7, 11) is 3.86. The first-order chi connectivity index (χ1) is 13.5. The summed E-state index contributed by atoms with van der Waals surface area (Å²) >= 11 is 0. The van der Waals surface area contributed by atoms with E-state index < -0.39 is 0 Å². The second-order valence-electron chi connectivity index (χ2n) is 7.41. The second kappa shape index (κ2) is 7.42. The molecular formula is C21H23N5O2. The molecule has 1 aromatic carbocycles. The molecule has 0 spiro atoms. The lowest BCUT2D eigenvalue weighted by atomic mass is 10.1. The monoisotopic (exact) mass is 377 g/mol. The topological polar surface area (TPSA) is 75.4 Å². The van der Waals surface area contributed by atoms with Crippen LogP contribution < -0.4 is 4.90 Å². The summed E-state index contributed by atoms with van der Waals surface area (Å²) in [6, 6.07) is 12.0. The van der Waals surface area contributed by atoms with Crippen molar-refractivity contribution in [2.45, 2.75) is 25.8 Å². The van der Waals surface area contributed by atoms with Crippen LogP contribution in [0.5, 0.6) is 0 Å². The van der Waals surface area contributed by atoms with Crippen LogP contribution in [-0.2, 0) is 11.3 Å². The van der Waals surface area contributed by atoms with Crippen molar-refractivity contribution in [2.24, 2.45) is 0 Å². The first-order valence-electron chi connectivity index (χ1n) is 9.30. The van der Waals surface area contributed by atoms with Crippen LogP contribution in [0.3, 0.4) is 0 Å². The van der Waals surface area contributed by atoms with E-state index in [9.17, 15) is 4.79 Å². The molecule has 0 radical (unpaired) electrons. The summed E-state index contributed by atoms with van der Waals surface area (Å²) < 4.78 is 5.49. The van der Waals surface area contributed by atoms with Gasteiger partial charge in [0.15, 0.2) is 0 Å². The quantitative estimate of drug-likeness (QED) is 0.680. The molecule has 1 saturated heterocycles. The first-order valence-corrected chi connectivity index (χ1v) is 9.30. The Morgan fingerprint density at radius 1 is 1.21 bits per heavy atom. The average molecular weight is 377 g/mol. The minimum Gasteiger partial charge on any atom is -0.363 e. The summed E-state index contributed by atoms with van der Waals surface area (Å²) in [5.41, 5.74) is 3.18. The molecule has 0 N–H and O–H groups in total. The highest BCUT2D eigenvalue weighted by Gasteiger charge is 2.34. The molecule has 7 nitrogen and oxygen atoms in total. The molecule has 0 unspecified atom stereocenters. The number of carbonyl (C=O) groups is 1. The maximum Gasteiger partial charge on any atom is 0.232 e. The van der Waals surface area contributed by atoms with Gasteiger partial charge in [0, 0.05) is 45.4 Å². The number of carbonyl (C=O) groups excluding carboxylic acids is 1. The summed E-state index contributed by atoms with van der Waals surface area (Å²) in [6.07, 6.45) is 2.12. The van der Waals surface area contributed by atoms with Crippen LogP contribution in [0.4, 0.5) is 5.82 Å². The fraction of sp³-hybridized carbons (Fsp3) is 0.333. The number of nitrogens with zero attached hydrogens (tertiary/aromatic N) is 5. The standard InChI is InChI=1S/C21H23N5O2/c1-14-4-6-15(7-5-14)12-26-13-17(11-19(26)27)21-23-20(24-28-21)16-8-9-22-18(10-16)25(2)3/h4-10,17H,11-13H2,1-3H3/t17-/m1/s1. The first kappa shape index (κ1) is 18.2. The normalized spacial score (nSPS) is 16.6. The zero-order valence-electron chi connectivity index (χ0n) is 16.3. The van der Waals surface area contributed by atoms with Crippen molar-refractivity contribution in [1.29, 1.82) is 0 Å². The molecule has 3 heterocycles. The molecule has 1 amide bonds. The fourth-order valence-electron chi connectivity index (χ4n) is 3.32. The molecule has 1 aliphatic rings. The van der Waals surface area contributed by atoms with Gasteiger partial charge in [0.25, 0.3) is 0 Å². The number of hydrogen-bond donors (Lipinski definition) is 0. The number of hydrogen-bond acceptors (Lipinski definition) is 6. The van der Waals surface area contributed by atoms with Crippen LogP contribution >= 0.6 is 0 Å². The number of amides is 1. The summed E-state index contributed by atoms with van der Waals surface area (Å²) in [5.74, 6) is 1.89. The van der Waals surface area contributed by atoms with Gasteiger partial charge in [-0.05, 0) is 24.6 Å². The maximum absolute atomic E-state index is 12.4. The van der Waals surface area contributed by atoms with Crippen LogP contribution in [0, 0.1) is 6.92 Å². The average Bonchev–Trinajstić information content (AvgIpc) is 3.31. The second-order valence-corrected chi connectivity index (χ2v) is 7.41. The van der Waals surface area contributed by atoms with Gasteiger partial charge in [-0.25, -0.2) is 4.98 Å². The van der Waals surface area contributed by atoms with Gasteiger partial charge >= 0.3 is 0 Å². The van der Waals surface area contributed by atoms with E-state index in [-0.39, 0.29) is 11.8 Å². The summed E-state index contributed by atoms with van der Waals surface area (Å²) in [6.45, 7) is 3.25. The van der Waals surface area contributed by atoms with Gasteiger partial charge in [-0.2, -0.15) is 4.98 Å². The van der Waals surface area contributed by atoms with Gasteiger partial charge in [-0.1, -0.05) is 35.0 Å². The molecule has 3 aromatic rings. The molecule has 0 aliphatic carbocycles. The highest BCUT2D eigenvalue weighted by molar-refractivity contribution is 5.79. The predicted molar refractivity (Wildman–Crippen MR) is 106 cm³/mol. The Balaban J connectivity index is 1.48. The van der Waals surface area contributed by atoms with Crippen LogP contribution in [0.2, 0.25) is 0 Å². The summed E-state index contributed by atoms with van der Waals surface area (Å²) in [4.78, 5) is 25.1. The third kappa shape index (κ3) is 3.74. The highest BCUT2D eigenvalue weighted by Crippen LogP contribution is 2.30. The van der Waals surface area contributed by atoms with Crippen LogP contribution in [0.15, 0.2) is 47.1 Å². The maximum atomic E-state index is 12.4. The van der Waals surface area contributed by atoms with E-state index in [4.69, 9.17) is 4.52 Å². The van der Waals surface area contributed by atoms with E-state index in [0.717, 1.165) is 16.9 Å². The zero-order valence-corrected chi connectivity index (χ0v) is 16.3. The summed E-state index contributed by atoms with van der Waals surface area (Å²) in [5, 5.41) is 4.11. The van der Waals surface area contributed by atoms with E-state index in [1.54, 1.807) is 6.20 Å². The number of aryl methyl sites for hydroxylation is 1. The molecular weight excluding hydrogens is 354 g/mol. The predicted octanol–water partition coefficient (Wildman–Crippen LogP) is 3.02. The number of aromatic nitrogens is 3. The lowest BCUT2D eigenvalue weighted by Crippen LogP contribution is -2.24. The number of anilines is 1. The minimum absolute atomic E-state index is 0.0747. The minimum atomic E-state index is -0.0747. The van der Waals surface area contributed by atoms with Crippen LogP contribution in [0.25, 0.3) is 11.4 Å². The fourth-order valence-corrected chi connectivity index (χ4v) is 3.32. The van der Waals surface area contributed by atoms with E-state index in [1.165, 1.54) is 5.56 Å². The zero-order chi connectivity index (χ0) is 19.7. The molecule has 0 saturated carbocycles.